The van der Waals surface area contributed by atoms with Crippen LogP contribution in [0.4, 0.5) is 20.5 Å². The fraction of sp³-hybridized carbons (Fsp3) is 0.500. The summed E-state index contributed by atoms with van der Waals surface area (Å²) in [5.74, 6) is -0.195. The Morgan fingerprint density at radius 3 is 2.48 bits per heavy atom. The number of alkyl halides is 2. The van der Waals surface area contributed by atoms with Crippen LogP contribution in [0.3, 0.4) is 0 Å². The van der Waals surface area contributed by atoms with Crippen molar-refractivity contribution in [2.75, 3.05) is 24.7 Å². The Hall–Kier alpha value is -3.27. The molecule has 42 heavy (non-hydrogen) atoms. The molecule has 0 radical (unpaired) electrons. The summed E-state index contributed by atoms with van der Waals surface area (Å²) in [6, 6.07) is 0. The summed E-state index contributed by atoms with van der Waals surface area (Å²) in [4.78, 5) is 45.1. The van der Waals surface area contributed by atoms with Crippen LogP contribution in [0.1, 0.15) is 12.5 Å². The lowest BCUT2D eigenvalue weighted by Crippen LogP contribution is -2.33. The molecule has 2 aliphatic rings. The lowest BCUT2D eigenvalue weighted by molar-refractivity contribution is -0.0553. The first-order valence-corrected chi connectivity index (χ1v) is 14.8. The molecule has 2 fully saturated rings. The molecule has 2 aliphatic heterocycles. The van der Waals surface area contributed by atoms with Crippen LogP contribution in [0.15, 0.2) is 23.8 Å². The lowest BCUT2D eigenvalue weighted by Gasteiger charge is -2.26. The fourth-order valence-corrected chi connectivity index (χ4v) is 6.19. The molecule has 4 aromatic rings. The smallest absolute Gasteiger partial charge is 0.325 e. The number of H-pyrrole nitrogens is 1. The van der Waals surface area contributed by atoms with Gasteiger partial charge >= 0.3 is 6.72 Å². The summed E-state index contributed by atoms with van der Waals surface area (Å²) in [7, 11) is 0. The van der Waals surface area contributed by atoms with Crippen LogP contribution in [0, 0.1) is 0 Å². The van der Waals surface area contributed by atoms with Crippen LogP contribution >= 0.6 is 6.72 Å². The molecule has 0 bridgehead atoms. The highest BCUT2D eigenvalue weighted by Gasteiger charge is 2.51. The number of hydrogen-bond acceptors (Lipinski definition) is 15. The highest BCUT2D eigenvalue weighted by Crippen LogP contribution is 2.51. The van der Waals surface area contributed by atoms with Crippen molar-refractivity contribution in [2.24, 2.45) is 0 Å². The minimum absolute atomic E-state index is 0.0595. The highest BCUT2D eigenvalue weighted by atomic mass is 32.5. The van der Waals surface area contributed by atoms with Gasteiger partial charge < -0.3 is 40.6 Å². The van der Waals surface area contributed by atoms with Gasteiger partial charge in [-0.05, 0) is 11.8 Å². The van der Waals surface area contributed by atoms with E-state index < -0.39 is 74.7 Å². The quantitative estimate of drug-likeness (QED) is 0.122. The molecular formula is C20H23F2N10O8PS. The van der Waals surface area contributed by atoms with Crippen LogP contribution in [0.5, 0.6) is 0 Å². The predicted octanol–water partition coefficient (Wildman–Crippen LogP) is -1.43. The number of imidazole rings is 2. The second-order valence-electron chi connectivity index (χ2n) is 9.38. The van der Waals surface area contributed by atoms with Crippen LogP contribution < -0.4 is 17.0 Å². The van der Waals surface area contributed by atoms with Crippen LogP contribution in [-0.2, 0) is 30.3 Å². The number of halogens is 2. The summed E-state index contributed by atoms with van der Waals surface area (Å²) in [5, 5.41) is 20.1. The zero-order chi connectivity index (χ0) is 29.9. The Labute approximate surface area is 237 Å². The monoisotopic (exact) mass is 632 g/mol. The fourth-order valence-electron chi connectivity index (χ4n) is 4.78. The van der Waals surface area contributed by atoms with E-state index in [1.807, 2.05) is 0 Å². The Kier molecular flexibility index (Phi) is 7.40. The summed E-state index contributed by atoms with van der Waals surface area (Å²) >= 11 is 5.06. The molecule has 9 atom stereocenters. The van der Waals surface area contributed by atoms with E-state index in [0.29, 0.717) is 0 Å². The predicted molar refractivity (Wildman–Crippen MR) is 140 cm³/mol. The molecule has 0 aromatic carbocycles. The summed E-state index contributed by atoms with van der Waals surface area (Å²) < 4.78 is 54.7. The van der Waals surface area contributed by atoms with Crippen molar-refractivity contribution in [3.63, 3.8) is 0 Å². The van der Waals surface area contributed by atoms with Gasteiger partial charge in [-0.1, -0.05) is 0 Å². The number of nitrogens with one attached hydrogen (secondary N) is 1. The molecule has 0 spiro atoms. The van der Waals surface area contributed by atoms with Gasteiger partial charge in [0, 0.05) is 0 Å². The largest absolute Gasteiger partial charge is 0.394 e. The van der Waals surface area contributed by atoms with Crippen LogP contribution in [0.25, 0.3) is 22.3 Å². The van der Waals surface area contributed by atoms with E-state index in [4.69, 9.17) is 41.8 Å². The number of aromatic nitrogens is 8. The van der Waals surface area contributed by atoms with E-state index in [1.54, 1.807) is 0 Å². The first kappa shape index (κ1) is 28.8. The van der Waals surface area contributed by atoms with Crippen LogP contribution in [-0.4, -0.2) is 104 Å². The van der Waals surface area contributed by atoms with Crippen molar-refractivity contribution < 1.29 is 42.4 Å². The number of rotatable bonds is 8. The molecule has 22 heteroatoms. The number of nitrogen functional groups attached to an aromatic ring is 2. The Morgan fingerprint density at radius 2 is 1.74 bits per heavy atom. The van der Waals surface area contributed by atoms with E-state index in [2.05, 4.69) is 29.9 Å². The molecule has 8 N–H and O–H groups in total. The zero-order valence-corrected chi connectivity index (χ0v) is 22.8. The number of ether oxygens (including phenoxy) is 2. The van der Waals surface area contributed by atoms with E-state index in [0.717, 1.165) is 17.2 Å². The van der Waals surface area contributed by atoms with Gasteiger partial charge in [-0.25, -0.2) is 28.7 Å². The van der Waals surface area contributed by atoms with E-state index in [1.165, 1.54) is 10.9 Å². The van der Waals surface area contributed by atoms with Crippen molar-refractivity contribution in [1.82, 2.24) is 39.0 Å². The van der Waals surface area contributed by atoms with Gasteiger partial charge in [-0.2, -0.15) is 4.98 Å². The maximum Gasteiger partial charge on any atom is 0.325 e. The number of hydrogen-bond donors (Lipinski definition) is 6. The Morgan fingerprint density at radius 1 is 1.05 bits per heavy atom. The first-order chi connectivity index (χ1) is 20.0. The number of anilines is 2. The van der Waals surface area contributed by atoms with Crippen molar-refractivity contribution in [3.05, 3.63) is 29.3 Å². The Bertz CT molecular complexity index is 1740. The minimum Gasteiger partial charge on any atom is -0.394 e. The summed E-state index contributed by atoms with van der Waals surface area (Å²) in [6.07, 6.45) is -9.52. The standard InChI is InChI=1S/C20H23F2N10O8PS/c21-8-6(1-33)38-19(32-5-28-11-16(32)29-20(24)30-17(11)35)13(8)40-41(36,42)37-2-7-12(34)9(22)18(39-7)31-4-27-10-14(23)25-3-26-15(10)31/h3-9,12-13,18-19,33-34H,1-2H2,(H,36,42)(H2,23,25,26)(H3,24,29,30,35)/t6?,7-,8+,9+,12-,13-,18-,19-,41?/m1/s1. The first-order valence-electron chi connectivity index (χ1n) is 12.2. The van der Waals surface area contributed by atoms with Gasteiger partial charge in [-0.15, -0.1) is 0 Å². The number of nitrogens with zero attached hydrogens (tertiary/aromatic N) is 7. The van der Waals surface area contributed by atoms with Gasteiger partial charge in [-0.3, -0.25) is 23.4 Å². The molecule has 2 saturated heterocycles. The lowest BCUT2D eigenvalue weighted by atomic mass is 10.1. The molecule has 226 valence electrons. The second-order valence-corrected chi connectivity index (χ2v) is 12.2. The maximum absolute atomic E-state index is 15.3. The van der Waals surface area contributed by atoms with Crippen molar-refractivity contribution >= 4 is 52.6 Å². The second kappa shape index (κ2) is 10.8. The molecule has 0 saturated carbocycles. The van der Waals surface area contributed by atoms with Crippen molar-refractivity contribution in [3.8, 4) is 0 Å². The van der Waals surface area contributed by atoms with Gasteiger partial charge in [0.25, 0.3) is 5.56 Å². The SMILES string of the molecule is Nc1nc2c(ncn2[C@@H]2OC(CO)[C@H](F)[C@H]2OP(O)(=S)OC[C@H]2O[C@@H](n3cnc4c(N)ncnc43)[C@@H](F)[C@@H]2O)c(=O)[nH]1. The molecule has 0 amide bonds. The summed E-state index contributed by atoms with van der Waals surface area (Å²) in [6.45, 7) is -5.77. The third kappa shape index (κ3) is 4.91. The number of nitrogens with two attached hydrogens (primary N) is 2. The topological polar surface area (TPSA) is 257 Å². The molecular weight excluding hydrogens is 609 g/mol. The summed E-state index contributed by atoms with van der Waals surface area (Å²) in [5.41, 5.74) is 10.8. The molecule has 6 rings (SSSR count). The average Bonchev–Trinajstić information content (AvgIpc) is 3.69. The molecule has 2 unspecified atom stereocenters. The Balaban J connectivity index is 1.19. The van der Waals surface area contributed by atoms with Crippen LogP contribution in [0.2, 0.25) is 0 Å². The zero-order valence-electron chi connectivity index (χ0n) is 21.0. The van der Waals surface area contributed by atoms with Gasteiger partial charge in [0.1, 0.15) is 36.3 Å². The van der Waals surface area contributed by atoms with Gasteiger partial charge in [0.2, 0.25) is 5.95 Å². The normalized spacial score (nSPS) is 31.3. The average molecular weight is 633 g/mol. The number of aromatic amines is 1. The van der Waals surface area contributed by atoms with Crippen molar-refractivity contribution in [2.45, 2.75) is 49.2 Å². The van der Waals surface area contributed by atoms with Gasteiger partial charge in [0.15, 0.2) is 47.4 Å². The van der Waals surface area contributed by atoms with E-state index in [-0.39, 0.29) is 34.1 Å². The molecule has 4 aromatic heterocycles. The molecule has 18 nitrogen and oxygen atoms in total. The number of aliphatic hydroxyl groups excluding tert-OH is 2. The minimum atomic E-state index is -4.34. The third-order valence-corrected chi connectivity index (χ3v) is 8.34. The van der Waals surface area contributed by atoms with E-state index in [9.17, 15) is 19.9 Å². The number of fused-ring (bicyclic) bond motifs is 2. The van der Waals surface area contributed by atoms with Crippen molar-refractivity contribution in [1.29, 1.82) is 0 Å². The van der Waals surface area contributed by atoms with E-state index >= 15 is 8.78 Å². The molecule has 6 heterocycles. The molecule has 0 aliphatic carbocycles. The maximum atomic E-state index is 15.3. The number of aliphatic hydroxyl groups is 2. The third-order valence-electron chi connectivity index (χ3n) is 6.78. The van der Waals surface area contributed by atoms with Gasteiger partial charge in [0.05, 0.1) is 25.9 Å². The highest BCUT2D eigenvalue weighted by molar-refractivity contribution is 8.07.